The first-order valence-electron chi connectivity index (χ1n) is 10.2. The van der Waals surface area contributed by atoms with Crippen LogP contribution in [0.4, 0.5) is 8.78 Å². The molecule has 1 saturated heterocycles. The smallest absolute Gasteiger partial charge is 0.275 e. The number of aromatic nitrogens is 1. The molecule has 6 nitrogen and oxygen atoms in total. The van der Waals surface area contributed by atoms with Crippen LogP contribution in [0, 0.1) is 11.6 Å². The van der Waals surface area contributed by atoms with E-state index in [9.17, 15) is 18.4 Å². The number of carbonyl (C=O) groups excluding carboxylic acids is 2. The van der Waals surface area contributed by atoms with E-state index in [4.69, 9.17) is 0 Å². The van der Waals surface area contributed by atoms with E-state index in [1.165, 1.54) is 4.90 Å². The Hall–Kier alpha value is -2.87. The largest absolute Gasteiger partial charge is 0.356 e. The summed E-state index contributed by atoms with van der Waals surface area (Å²) >= 11 is 0. The lowest BCUT2D eigenvalue weighted by Crippen LogP contribution is -2.36. The third kappa shape index (κ3) is 6.06. The van der Waals surface area contributed by atoms with Gasteiger partial charge in [-0.3, -0.25) is 9.59 Å². The first-order valence-corrected chi connectivity index (χ1v) is 10.2. The summed E-state index contributed by atoms with van der Waals surface area (Å²) in [6.07, 6.45) is 3.20. The monoisotopic (exact) mass is 416 g/mol. The number of amides is 2. The van der Waals surface area contributed by atoms with Crippen molar-refractivity contribution in [2.24, 2.45) is 0 Å². The normalized spacial score (nSPS) is 19.2. The number of rotatable bonds is 2. The highest BCUT2D eigenvalue weighted by molar-refractivity contribution is 5.92. The lowest BCUT2D eigenvalue weighted by atomic mass is 10.0. The molecule has 8 heteroatoms. The van der Waals surface area contributed by atoms with Crippen LogP contribution >= 0.6 is 0 Å². The highest BCUT2D eigenvalue weighted by Crippen LogP contribution is 2.17. The van der Waals surface area contributed by atoms with E-state index in [1.54, 1.807) is 0 Å². The van der Waals surface area contributed by atoms with E-state index in [0.717, 1.165) is 18.2 Å². The lowest BCUT2D eigenvalue weighted by molar-refractivity contribution is -0.121. The van der Waals surface area contributed by atoms with E-state index in [1.807, 2.05) is 30.3 Å². The van der Waals surface area contributed by atoms with Gasteiger partial charge in [0.15, 0.2) is 11.5 Å². The molecule has 2 amide bonds. The molecule has 0 aliphatic carbocycles. The summed E-state index contributed by atoms with van der Waals surface area (Å²) in [5, 5.41) is 6.30. The third-order valence-corrected chi connectivity index (χ3v) is 5.06. The Morgan fingerprint density at radius 2 is 1.83 bits per heavy atom. The fourth-order valence-electron chi connectivity index (χ4n) is 3.49. The van der Waals surface area contributed by atoms with Crippen molar-refractivity contribution in [3.8, 4) is 0 Å². The van der Waals surface area contributed by atoms with Crippen LogP contribution in [-0.4, -0.2) is 47.9 Å². The van der Waals surface area contributed by atoms with Crippen molar-refractivity contribution in [2.75, 3.05) is 26.2 Å². The lowest BCUT2D eigenvalue weighted by Gasteiger charge is -2.22. The quantitative estimate of drug-likeness (QED) is 0.790. The number of carbonyl (C=O) groups is 2. The standard InChI is InChI=1S/C22H26F2N4O2/c23-17-13-18(24)21(27-15-17)22(30)28-11-5-4-9-25-19(16-7-2-1-3-8-16)14-20(29)26-10-6-12-28/h1-3,7-8,13,15,19,25H,4-6,9-12,14H2,(H,26,29). The van der Waals surface area contributed by atoms with E-state index in [0.29, 0.717) is 51.5 Å². The molecule has 2 aromatic rings. The summed E-state index contributed by atoms with van der Waals surface area (Å²) in [6.45, 7) is 1.87. The van der Waals surface area contributed by atoms with E-state index in [-0.39, 0.29) is 17.6 Å². The Balaban J connectivity index is 1.66. The maximum atomic E-state index is 14.0. The van der Waals surface area contributed by atoms with E-state index in [2.05, 4.69) is 15.6 Å². The zero-order valence-electron chi connectivity index (χ0n) is 16.7. The van der Waals surface area contributed by atoms with Crippen LogP contribution in [0.5, 0.6) is 0 Å². The molecule has 1 aromatic heterocycles. The Bertz CT molecular complexity index is 863. The topological polar surface area (TPSA) is 74.3 Å². The number of benzene rings is 1. The molecule has 0 saturated carbocycles. The van der Waals surface area contributed by atoms with Crippen molar-refractivity contribution in [3.63, 3.8) is 0 Å². The molecule has 2 N–H and O–H groups in total. The van der Waals surface area contributed by atoms with Crippen LogP contribution < -0.4 is 10.6 Å². The van der Waals surface area contributed by atoms with Gasteiger partial charge in [0.25, 0.3) is 5.91 Å². The number of nitrogens with one attached hydrogen (secondary N) is 2. The minimum Gasteiger partial charge on any atom is -0.356 e. The zero-order valence-corrected chi connectivity index (χ0v) is 16.7. The summed E-state index contributed by atoms with van der Waals surface area (Å²) in [6, 6.07) is 10.4. The van der Waals surface area contributed by atoms with E-state index < -0.39 is 17.5 Å². The highest BCUT2D eigenvalue weighted by Gasteiger charge is 2.22. The maximum absolute atomic E-state index is 14.0. The Labute approximate surface area is 174 Å². The van der Waals surface area contributed by atoms with Gasteiger partial charge in [-0.15, -0.1) is 0 Å². The van der Waals surface area contributed by atoms with Crippen LogP contribution in [0.3, 0.4) is 0 Å². The van der Waals surface area contributed by atoms with Crippen molar-refractivity contribution in [3.05, 3.63) is 65.5 Å². The second kappa shape index (κ2) is 10.8. The van der Waals surface area contributed by atoms with Crippen LogP contribution in [0.15, 0.2) is 42.6 Å². The molecular weight excluding hydrogens is 390 g/mol. The summed E-state index contributed by atoms with van der Waals surface area (Å²) < 4.78 is 27.1. The van der Waals surface area contributed by atoms with Crippen molar-refractivity contribution >= 4 is 11.8 Å². The fourth-order valence-corrected chi connectivity index (χ4v) is 3.49. The molecule has 0 spiro atoms. The van der Waals surface area contributed by atoms with Crippen molar-refractivity contribution in [1.29, 1.82) is 0 Å². The summed E-state index contributed by atoms with van der Waals surface area (Å²) in [5.41, 5.74) is 0.671. The molecule has 1 aliphatic rings. The number of hydrogen-bond acceptors (Lipinski definition) is 4. The second-order valence-electron chi connectivity index (χ2n) is 7.31. The molecule has 1 atom stereocenters. The summed E-state index contributed by atoms with van der Waals surface area (Å²) in [7, 11) is 0. The summed E-state index contributed by atoms with van der Waals surface area (Å²) in [4.78, 5) is 30.2. The average Bonchev–Trinajstić information content (AvgIpc) is 2.75. The molecule has 1 fully saturated rings. The molecule has 3 rings (SSSR count). The first-order chi connectivity index (χ1) is 14.5. The van der Waals surface area contributed by atoms with Gasteiger partial charge in [0.1, 0.15) is 5.82 Å². The van der Waals surface area contributed by atoms with Crippen molar-refractivity contribution in [2.45, 2.75) is 31.7 Å². The number of halogens is 2. The van der Waals surface area contributed by atoms with Gasteiger partial charge in [0.2, 0.25) is 5.91 Å². The van der Waals surface area contributed by atoms with Gasteiger partial charge in [-0.1, -0.05) is 30.3 Å². The molecule has 2 heterocycles. The van der Waals surface area contributed by atoms with Gasteiger partial charge in [-0.25, -0.2) is 13.8 Å². The minimum absolute atomic E-state index is 0.0697. The SMILES string of the molecule is O=C1CC(c2ccccc2)NCCCCN(C(=O)c2ncc(F)cc2F)CCCN1. The molecular formula is C22H26F2N4O2. The predicted molar refractivity (Wildman–Crippen MR) is 109 cm³/mol. The Morgan fingerprint density at radius 1 is 1.07 bits per heavy atom. The second-order valence-corrected chi connectivity index (χ2v) is 7.31. The molecule has 160 valence electrons. The van der Waals surface area contributed by atoms with Gasteiger partial charge >= 0.3 is 0 Å². The Morgan fingerprint density at radius 3 is 2.60 bits per heavy atom. The molecule has 1 aliphatic heterocycles. The Kier molecular flexibility index (Phi) is 7.84. The number of nitrogens with zero attached hydrogens (tertiary/aromatic N) is 2. The van der Waals surface area contributed by atoms with Crippen LogP contribution in [0.2, 0.25) is 0 Å². The number of pyridine rings is 1. The van der Waals surface area contributed by atoms with Crippen molar-refractivity contribution < 1.29 is 18.4 Å². The third-order valence-electron chi connectivity index (χ3n) is 5.06. The van der Waals surface area contributed by atoms with Gasteiger partial charge in [0.05, 0.1) is 6.20 Å². The molecule has 1 unspecified atom stereocenters. The van der Waals surface area contributed by atoms with Gasteiger partial charge < -0.3 is 15.5 Å². The van der Waals surface area contributed by atoms with Crippen LogP contribution in [0.25, 0.3) is 0 Å². The highest BCUT2D eigenvalue weighted by atomic mass is 19.1. The average molecular weight is 416 g/mol. The maximum Gasteiger partial charge on any atom is 0.275 e. The molecule has 0 bridgehead atoms. The molecule has 1 aromatic carbocycles. The van der Waals surface area contributed by atoms with Crippen molar-refractivity contribution in [1.82, 2.24) is 20.5 Å². The molecule has 0 radical (unpaired) electrons. The minimum atomic E-state index is -0.969. The van der Waals surface area contributed by atoms with Gasteiger partial charge in [-0.2, -0.15) is 0 Å². The van der Waals surface area contributed by atoms with Gasteiger partial charge in [0, 0.05) is 38.2 Å². The summed E-state index contributed by atoms with van der Waals surface area (Å²) in [5.74, 6) is -2.43. The zero-order chi connectivity index (χ0) is 21.3. The first kappa shape index (κ1) is 21.8. The molecule has 30 heavy (non-hydrogen) atoms. The van der Waals surface area contributed by atoms with E-state index >= 15 is 0 Å². The predicted octanol–water partition coefficient (Wildman–Crippen LogP) is 2.82. The fraction of sp³-hybridized carbons (Fsp3) is 0.409. The van der Waals surface area contributed by atoms with Crippen LogP contribution in [0.1, 0.15) is 47.8 Å². The number of hydrogen-bond donors (Lipinski definition) is 2. The van der Waals surface area contributed by atoms with Crippen LogP contribution in [-0.2, 0) is 4.79 Å². The van der Waals surface area contributed by atoms with Gasteiger partial charge in [-0.05, 0) is 31.4 Å².